The molecule has 1 aliphatic rings. The van der Waals surface area contributed by atoms with Crippen molar-refractivity contribution in [2.24, 2.45) is 7.05 Å². The molecule has 1 fully saturated rings. The van der Waals surface area contributed by atoms with Crippen LogP contribution < -0.4 is 0 Å². The van der Waals surface area contributed by atoms with Crippen LogP contribution in [0.2, 0.25) is 5.02 Å². The molecule has 0 N–H and O–H groups in total. The summed E-state index contributed by atoms with van der Waals surface area (Å²) in [6, 6.07) is 15.7. The highest BCUT2D eigenvalue weighted by Crippen LogP contribution is 2.30. The lowest BCUT2D eigenvalue weighted by molar-refractivity contribution is 0.0602. The van der Waals surface area contributed by atoms with E-state index in [1.165, 1.54) is 11.8 Å². The number of Topliss-reactive ketones (excluding diaryl/α,β-unsaturated/α-hetero) is 1. The zero-order chi connectivity index (χ0) is 24.5. The van der Waals surface area contributed by atoms with E-state index >= 15 is 0 Å². The van der Waals surface area contributed by atoms with Crippen molar-refractivity contribution in [3.63, 3.8) is 0 Å². The van der Waals surface area contributed by atoms with Gasteiger partial charge in [0.2, 0.25) is 0 Å². The minimum absolute atomic E-state index is 0.0103. The molecule has 0 saturated carbocycles. The summed E-state index contributed by atoms with van der Waals surface area (Å²) in [5, 5.41) is 4.56. The van der Waals surface area contributed by atoms with E-state index in [1.807, 2.05) is 49.5 Å². The number of carbonyl (C=O) groups is 2. The first-order chi connectivity index (χ1) is 16.9. The van der Waals surface area contributed by atoms with E-state index in [0.717, 1.165) is 22.3 Å². The van der Waals surface area contributed by atoms with Gasteiger partial charge in [0.25, 0.3) is 5.91 Å². The monoisotopic (exact) mass is 484 g/mol. The van der Waals surface area contributed by atoms with Gasteiger partial charge in [0, 0.05) is 67.8 Å². The molecule has 35 heavy (non-hydrogen) atoms. The Balaban J connectivity index is 1.24. The molecule has 0 atom stereocenters. The summed E-state index contributed by atoms with van der Waals surface area (Å²) in [7, 11) is 1.91. The summed E-state index contributed by atoms with van der Waals surface area (Å²) in [5.74, 6) is 0.218. The third-order valence-corrected chi connectivity index (χ3v) is 6.91. The number of amides is 1. The minimum atomic E-state index is -0.0937. The number of pyridine rings is 1. The topological polar surface area (TPSA) is 68.1 Å². The van der Waals surface area contributed by atoms with E-state index in [4.69, 9.17) is 11.6 Å². The zero-order valence-corrected chi connectivity index (χ0v) is 20.4. The quantitative estimate of drug-likeness (QED) is 0.357. The second-order valence-corrected chi connectivity index (χ2v) is 9.44. The fourth-order valence-corrected chi connectivity index (χ4v) is 4.65. The smallest absolute Gasteiger partial charge is 0.253 e. The Morgan fingerprint density at radius 3 is 2.49 bits per heavy atom. The molecule has 3 heterocycles. The summed E-state index contributed by atoms with van der Waals surface area (Å²) in [6.45, 7) is 3.31. The van der Waals surface area contributed by atoms with E-state index in [0.29, 0.717) is 35.2 Å². The molecule has 0 bridgehead atoms. The lowest BCUT2D eigenvalue weighted by Gasteiger charge is -2.39. The number of aryl methyl sites for hydroxylation is 2. The number of ketones is 1. The molecular formula is C28H25ClN4O2. The maximum Gasteiger partial charge on any atom is 0.253 e. The van der Waals surface area contributed by atoms with Crippen LogP contribution in [0.25, 0.3) is 11.1 Å². The van der Waals surface area contributed by atoms with Crippen molar-refractivity contribution in [3.8, 4) is 11.1 Å². The van der Waals surface area contributed by atoms with Gasteiger partial charge in [-0.25, -0.2) is 0 Å². The number of benzene rings is 2. The summed E-state index contributed by atoms with van der Waals surface area (Å²) in [4.78, 5) is 31.7. The number of hydrogen-bond donors (Lipinski definition) is 0. The zero-order valence-electron chi connectivity index (χ0n) is 19.6. The fraction of sp³-hybridized carbons (Fsp3) is 0.214. The van der Waals surface area contributed by atoms with Crippen molar-refractivity contribution in [2.45, 2.75) is 19.3 Å². The Morgan fingerprint density at radius 2 is 1.80 bits per heavy atom. The molecular weight excluding hydrogens is 460 g/mol. The van der Waals surface area contributed by atoms with Gasteiger partial charge in [0.1, 0.15) is 0 Å². The maximum atomic E-state index is 13.1. The van der Waals surface area contributed by atoms with Crippen molar-refractivity contribution in [1.82, 2.24) is 19.7 Å². The second kappa shape index (κ2) is 9.47. The predicted octanol–water partition coefficient (Wildman–Crippen LogP) is 5.11. The first kappa shape index (κ1) is 23.0. The highest BCUT2D eigenvalue weighted by molar-refractivity contribution is 6.33. The Bertz CT molecular complexity index is 1400. The van der Waals surface area contributed by atoms with Crippen LogP contribution in [0.5, 0.6) is 0 Å². The average molecular weight is 485 g/mol. The first-order valence-electron chi connectivity index (χ1n) is 11.5. The Kier molecular flexibility index (Phi) is 6.22. The van der Waals surface area contributed by atoms with Gasteiger partial charge in [-0.2, -0.15) is 5.10 Å². The van der Waals surface area contributed by atoms with Crippen LogP contribution in [-0.4, -0.2) is 44.4 Å². The fourth-order valence-electron chi connectivity index (χ4n) is 4.42. The molecule has 1 amide bonds. The van der Waals surface area contributed by atoms with Crippen LogP contribution in [0.15, 0.2) is 73.3 Å². The summed E-state index contributed by atoms with van der Waals surface area (Å²) >= 11 is 6.13. The molecule has 0 unspecified atom stereocenters. The number of nitrogens with zero attached hydrogens (tertiary/aromatic N) is 4. The van der Waals surface area contributed by atoms with Gasteiger partial charge in [-0.15, -0.1) is 0 Å². The van der Waals surface area contributed by atoms with Crippen molar-refractivity contribution >= 4 is 23.3 Å². The van der Waals surface area contributed by atoms with Gasteiger partial charge < -0.3 is 4.90 Å². The predicted molar refractivity (Wildman–Crippen MR) is 136 cm³/mol. The summed E-state index contributed by atoms with van der Waals surface area (Å²) < 4.78 is 1.79. The second-order valence-electron chi connectivity index (χ2n) is 9.03. The lowest BCUT2D eigenvalue weighted by Crippen LogP contribution is -2.48. The first-order valence-corrected chi connectivity index (χ1v) is 11.9. The van der Waals surface area contributed by atoms with Crippen LogP contribution in [0.1, 0.15) is 43.3 Å². The SMILES string of the molecule is Cc1ccc(C(=O)N2CC(c3ccc(-c4cnn(C)c4)cc3)C2)cc1CC(=O)c1ccncc1Cl. The summed E-state index contributed by atoms with van der Waals surface area (Å²) in [5.41, 5.74) is 6.29. The Morgan fingerprint density at radius 1 is 1.03 bits per heavy atom. The standard InChI is InChI=1S/C28H25ClN4O2/c1-18-3-4-21(11-22(18)12-27(34)25-9-10-30-14-26(25)29)28(35)33-16-24(17-33)20-7-5-19(6-8-20)23-13-31-32(2)15-23/h3-11,13-15,24H,12,16-17H2,1-2H3. The molecule has 0 spiro atoms. The van der Waals surface area contributed by atoms with E-state index in [-0.39, 0.29) is 18.1 Å². The highest BCUT2D eigenvalue weighted by Gasteiger charge is 2.32. The number of likely N-dealkylation sites (tertiary alicyclic amines) is 1. The minimum Gasteiger partial charge on any atom is -0.337 e. The number of hydrogen-bond acceptors (Lipinski definition) is 4. The molecule has 2 aromatic heterocycles. The van der Waals surface area contributed by atoms with Crippen LogP contribution in [0.4, 0.5) is 0 Å². The van der Waals surface area contributed by atoms with Crippen molar-refractivity contribution in [1.29, 1.82) is 0 Å². The maximum absolute atomic E-state index is 13.1. The molecule has 7 heteroatoms. The Labute approximate surface area is 209 Å². The van der Waals surface area contributed by atoms with Crippen LogP contribution in [0, 0.1) is 6.92 Å². The van der Waals surface area contributed by atoms with Gasteiger partial charge >= 0.3 is 0 Å². The number of halogens is 1. The van der Waals surface area contributed by atoms with E-state index in [2.05, 4.69) is 34.3 Å². The normalized spacial score (nSPS) is 13.5. The molecule has 6 nitrogen and oxygen atoms in total. The molecule has 4 aromatic rings. The van der Waals surface area contributed by atoms with E-state index in [9.17, 15) is 9.59 Å². The van der Waals surface area contributed by atoms with Gasteiger partial charge in [-0.05, 0) is 47.4 Å². The third kappa shape index (κ3) is 4.75. The molecule has 1 saturated heterocycles. The van der Waals surface area contributed by atoms with Gasteiger partial charge in [-0.3, -0.25) is 19.3 Å². The average Bonchev–Trinajstić information content (AvgIpc) is 3.26. The van der Waals surface area contributed by atoms with Crippen molar-refractivity contribution in [2.75, 3.05) is 13.1 Å². The van der Waals surface area contributed by atoms with Crippen LogP contribution >= 0.6 is 11.6 Å². The van der Waals surface area contributed by atoms with Crippen LogP contribution in [-0.2, 0) is 13.5 Å². The number of rotatable bonds is 6. The molecule has 0 radical (unpaired) electrons. The molecule has 1 aliphatic heterocycles. The highest BCUT2D eigenvalue weighted by atomic mass is 35.5. The van der Waals surface area contributed by atoms with Gasteiger partial charge in [-0.1, -0.05) is 41.9 Å². The van der Waals surface area contributed by atoms with Crippen molar-refractivity contribution < 1.29 is 9.59 Å². The number of carbonyl (C=O) groups excluding carboxylic acids is 2. The Hall–Kier alpha value is -3.77. The largest absolute Gasteiger partial charge is 0.337 e. The summed E-state index contributed by atoms with van der Waals surface area (Å²) in [6.07, 6.45) is 7.05. The molecule has 0 aliphatic carbocycles. The molecule has 5 rings (SSSR count). The third-order valence-electron chi connectivity index (χ3n) is 6.61. The van der Waals surface area contributed by atoms with Gasteiger partial charge in [0.15, 0.2) is 5.78 Å². The van der Waals surface area contributed by atoms with Crippen molar-refractivity contribution in [3.05, 3.63) is 106 Å². The van der Waals surface area contributed by atoms with E-state index in [1.54, 1.807) is 16.9 Å². The molecule has 176 valence electrons. The lowest BCUT2D eigenvalue weighted by atomic mass is 9.89. The molecule has 2 aromatic carbocycles. The van der Waals surface area contributed by atoms with E-state index < -0.39 is 0 Å². The van der Waals surface area contributed by atoms with Crippen LogP contribution in [0.3, 0.4) is 0 Å². The number of aromatic nitrogens is 3. The van der Waals surface area contributed by atoms with Gasteiger partial charge in [0.05, 0.1) is 11.2 Å².